The standard InChI is InChI=1S/C19H23FN4O3.HI/c1-27-12-2-11-21-19(22-13-15-3-7-17(20)8-4-15)23-14-16-5-9-18(10-6-16)24(25)26;/h3-10H,2,11-14H2,1H3,(H2,21,22,23);1H. The molecule has 2 rings (SSSR count). The number of methoxy groups -OCH3 is 1. The van der Waals surface area contributed by atoms with Crippen molar-refractivity contribution in [2.24, 2.45) is 4.99 Å². The number of nitro benzene ring substituents is 1. The van der Waals surface area contributed by atoms with Crippen molar-refractivity contribution in [1.29, 1.82) is 0 Å². The highest BCUT2D eigenvalue weighted by atomic mass is 127. The first-order chi connectivity index (χ1) is 13.1. The number of guanidine groups is 1. The molecule has 0 atom stereocenters. The molecule has 0 fully saturated rings. The predicted molar refractivity (Wildman–Crippen MR) is 117 cm³/mol. The molecule has 2 aromatic rings. The van der Waals surface area contributed by atoms with E-state index in [-0.39, 0.29) is 35.5 Å². The van der Waals surface area contributed by atoms with Crippen LogP contribution in [0.25, 0.3) is 0 Å². The van der Waals surface area contributed by atoms with Crippen molar-refractivity contribution < 1.29 is 14.1 Å². The third-order valence-electron chi connectivity index (χ3n) is 3.76. The van der Waals surface area contributed by atoms with E-state index in [1.54, 1.807) is 31.4 Å². The van der Waals surface area contributed by atoms with Crippen molar-refractivity contribution in [3.8, 4) is 0 Å². The van der Waals surface area contributed by atoms with Crippen molar-refractivity contribution in [3.05, 3.63) is 75.6 Å². The number of ether oxygens (including phenoxy) is 1. The van der Waals surface area contributed by atoms with Crippen molar-refractivity contribution >= 4 is 35.6 Å². The number of hydrogen-bond acceptors (Lipinski definition) is 4. The van der Waals surface area contributed by atoms with Crippen LogP contribution < -0.4 is 10.6 Å². The van der Waals surface area contributed by atoms with Gasteiger partial charge in [-0.15, -0.1) is 24.0 Å². The highest BCUT2D eigenvalue weighted by Gasteiger charge is 2.05. The zero-order valence-electron chi connectivity index (χ0n) is 15.6. The molecule has 152 valence electrons. The summed E-state index contributed by atoms with van der Waals surface area (Å²) in [6, 6.07) is 12.5. The van der Waals surface area contributed by atoms with Crippen LogP contribution in [0, 0.1) is 15.9 Å². The van der Waals surface area contributed by atoms with E-state index >= 15 is 0 Å². The molecule has 0 spiro atoms. The Morgan fingerprint density at radius 3 is 2.36 bits per heavy atom. The zero-order valence-corrected chi connectivity index (χ0v) is 17.9. The molecule has 2 N–H and O–H groups in total. The molecule has 0 radical (unpaired) electrons. The summed E-state index contributed by atoms with van der Waals surface area (Å²) in [4.78, 5) is 14.8. The van der Waals surface area contributed by atoms with Crippen LogP contribution in [0.4, 0.5) is 10.1 Å². The summed E-state index contributed by atoms with van der Waals surface area (Å²) >= 11 is 0. The van der Waals surface area contributed by atoms with Crippen LogP contribution in [0.3, 0.4) is 0 Å². The summed E-state index contributed by atoms with van der Waals surface area (Å²) in [5.41, 5.74) is 1.85. The number of hydrogen-bond donors (Lipinski definition) is 2. The van der Waals surface area contributed by atoms with Gasteiger partial charge in [0.15, 0.2) is 5.96 Å². The first-order valence-corrected chi connectivity index (χ1v) is 8.57. The number of halogens is 2. The third kappa shape index (κ3) is 8.61. The van der Waals surface area contributed by atoms with Gasteiger partial charge in [-0.3, -0.25) is 10.1 Å². The Morgan fingerprint density at radius 1 is 1.11 bits per heavy atom. The molecule has 0 bridgehead atoms. The Hall–Kier alpha value is -2.27. The molecule has 0 heterocycles. The summed E-state index contributed by atoms with van der Waals surface area (Å²) in [6.45, 7) is 2.20. The quantitative estimate of drug-likeness (QED) is 0.137. The van der Waals surface area contributed by atoms with Gasteiger partial charge < -0.3 is 15.4 Å². The van der Waals surface area contributed by atoms with Crippen LogP contribution in [0.2, 0.25) is 0 Å². The average Bonchev–Trinajstić information content (AvgIpc) is 2.68. The molecule has 0 saturated heterocycles. The third-order valence-corrected chi connectivity index (χ3v) is 3.76. The van der Waals surface area contributed by atoms with Gasteiger partial charge in [0.25, 0.3) is 5.69 Å². The molecule has 0 amide bonds. The number of nitrogens with zero attached hydrogens (tertiary/aromatic N) is 2. The zero-order chi connectivity index (χ0) is 19.5. The number of rotatable bonds is 9. The maximum absolute atomic E-state index is 13.0. The highest BCUT2D eigenvalue weighted by molar-refractivity contribution is 14.0. The average molecular weight is 502 g/mol. The first-order valence-electron chi connectivity index (χ1n) is 8.57. The van der Waals surface area contributed by atoms with E-state index in [9.17, 15) is 14.5 Å². The van der Waals surface area contributed by atoms with Gasteiger partial charge in [-0.2, -0.15) is 0 Å². The smallest absolute Gasteiger partial charge is 0.269 e. The maximum Gasteiger partial charge on any atom is 0.269 e. The second-order valence-corrected chi connectivity index (χ2v) is 5.84. The van der Waals surface area contributed by atoms with E-state index in [2.05, 4.69) is 15.6 Å². The molecule has 9 heteroatoms. The normalized spacial score (nSPS) is 10.9. The summed E-state index contributed by atoms with van der Waals surface area (Å²) in [5, 5.41) is 17.1. The highest BCUT2D eigenvalue weighted by Crippen LogP contribution is 2.11. The van der Waals surface area contributed by atoms with Crippen molar-refractivity contribution in [3.63, 3.8) is 0 Å². The van der Waals surface area contributed by atoms with E-state index in [4.69, 9.17) is 4.74 Å². The lowest BCUT2D eigenvalue weighted by atomic mass is 10.2. The van der Waals surface area contributed by atoms with Crippen LogP contribution in [0.15, 0.2) is 53.5 Å². The van der Waals surface area contributed by atoms with Gasteiger partial charge in [0.1, 0.15) is 5.82 Å². The minimum Gasteiger partial charge on any atom is -0.385 e. The van der Waals surface area contributed by atoms with E-state index in [0.29, 0.717) is 32.2 Å². The van der Waals surface area contributed by atoms with E-state index in [1.165, 1.54) is 24.3 Å². The van der Waals surface area contributed by atoms with Gasteiger partial charge in [0.2, 0.25) is 0 Å². The second kappa shape index (κ2) is 13.0. The predicted octanol–water partition coefficient (Wildman–Crippen LogP) is 3.62. The van der Waals surface area contributed by atoms with Crippen molar-refractivity contribution in [2.45, 2.75) is 19.5 Å². The van der Waals surface area contributed by atoms with Crippen LogP contribution in [0.1, 0.15) is 17.5 Å². The SMILES string of the molecule is COCCCNC(=NCc1ccc(F)cc1)NCc1ccc([N+](=O)[O-])cc1.I. The fourth-order valence-corrected chi connectivity index (χ4v) is 2.28. The Balaban J connectivity index is 0.00000392. The molecular weight excluding hydrogens is 478 g/mol. The van der Waals surface area contributed by atoms with Crippen LogP contribution in [-0.4, -0.2) is 31.1 Å². The number of nitrogens with one attached hydrogen (secondary N) is 2. The van der Waals surface area contributed by atoms with Gasteiger partial charge in [0, 0.05) is 38.9 Å². The molecule has 0 saturated carbocycles. The largest absolute Gasteiger partial charge is 0.385 e. The first kappa shape index (κ1) is 23.8. The Kier molecular flexibility index (Phi) is 11.0. The fourth-order valence-electron chi connectivity index (χ4n) is 2.28. The molecule has 28 heavy (non-hydrogen) atoms. The second-order valence-electron chi connectivity index (χ2n) is 5.84. The molecule has 0 aliphatic carbocycles. The van der Waals surface area contributed by atoms with Crippen LogP contribution in [0.5, 0.6) is 0 Å². The number of benzene rings is 2. The summed E-state index contributed by atoms with van der Waals surface area (Å²) < 4.78 is 18.0. The minimum atomic E-state index is -0.426. The molecule has 0 aromatic heterocycles. The Bertz CT molecular complexity index is 755. The van der Waals surface area contributed by atoms with Gasteiger partial charge in [-0.25, -0.2) is 9.38 Å². The molecular formula is C19H24FIN4O3. The van der Waals surface area contributed by atoms with E-state index in [1.807, 2.05) is 0 Å². The maximum atomic E-state index is 13.0. The molecule has 2 aromatic carbocycles. The lowest BCUT2D eigenvalue weighted by molar-refractivity contribution is -0.384. The molecule has 0 aliphatic heterocycles. The number of aliphatic imine (C=N–C) groups is 1. The monoisotopic (exact) mass is 502 g/mol. The summed E-state index contributed by atoms with van der Waals surface area (Å²) in [5.74, 6) is 0.325. The number of nitro groups is 1. The fraction of sp³-hybridized carbons (Fsp3) is 0.316. The summed E-state index contributed by atoms with van der Waals surface area (Å²) in [7, 11) is 1.65. The van der Waals surface area contributed by atoms with E-state index in [0.717, 1.165) is 17.5 Å². The lowest BCUT2D eigenvalue weighted by Crippen LogP contribution is -2.37. The van der Waals surface area contributed by atoms with E-state index < -0.39 is 4.92 Å². The van der Waals surface area contributed by atoms with Crippen LogP contribution >= 0.6 is 24.0 Å². The topological polar surface area (TPSA) is 88.8 Å². The van der Waals surface area contributed by atoms with Gasteiger partial charge in [-0.05, 0) is 29.7 Å². The number of non-ortho nitro benzene ring substituents is 1. The van der Waals surface area contributed by atoms with Gasteiger partial charge >= 0.3 is 0 Å². The molecule has 0 aliphatic rings. The molecule has 7 nitrogen and oxygen atoms in total. The Labute approximate surface area is 180 Å². The van der Waals surface area contributed by atoms with Gasteiger partial charge in [0.05, 0.1) is 11.5 Å². The summed E-state index contributed by atoms with van der Waals surface area (Å²) in [6.07, 6.45) is 0.825. The van der Waals surface area contributed by atoms with Crippen LogP contribution in [-0.2, 0) is 17.8 Å². The van der Waals surface area contributed by atoms with Crippen molar-refractivity contribution in [1.82, 2.24) is 10.6 Å². The minimum absolute atomic E-state index is 0. The lowest BCUT2D eigenvalue weighted by Gasteiger charge is -2.13. The Morgan fingerprint density at radius 2 is 1.75 bits per heavy atom. The van der Waals surface area contributed by atoms with Gasteiger partial charge in [-0.1, -0.05) is 24.3 Å². The van der Waals surface area contributed by atoms with Crippen molar-refractivity contribution in [2.75, 3.05) is 20.3 Å². The molecule has 0 unspecified atom stereocenters.